The Morgan fingerprint density at radius 3 is 2.65 bits per heavy atom. The average molecular weight is 295 g/mol. The van der Waals surface area contributed by atoms with Crippen LogP contribution in [-0.2, 0) is 0 Å². The van der Waals surface area contributed by atoms with Crippen LogP contribution >= 0.6 is 15.9 Å². The van der Waals surface area contributed by atoms with Gasteiger partial charge in [-0.05, 0) is 30.3 Å². The largest absolute Gasteiger partial charge is 0.507 e. The van der Waals surface area contributed by atoms with E-state index in [1.54, 1.807) is 24.3 Å². The lowest BCUT2D eigenvalue weighted by Crippen LogP contribution is -2.02. The van der Waals surface area contributed by atoms with Crippen molar-refractivity contribution < 1.29 is 14.3 Å². The Labute approximate surface area is 106 Å². The minimum Gasteiger partial charge on any atom is -0.507 e. The van der Waals surface area contributed by atoms with Crippen molar-refractivity contribution in [3.8, 4) is 5.75 Å². The van der Waals surface area contributed by atoms with Crippen molar-refractivity contribution >= 4 is 21.7 Å². The van der Waals surface area contributed by atoms with Crippen molar-refractivity contribution in [3.63, 3.8) is 0 Å². The third-order valence-electron chi connectivity index (χ3n) is 2.29. The Bertz CT molecular complexity index is 581. The molecule has 0 bridgehead atoms. The van der Waals surface area contributed by atoms with Gasteiger partial charge >= 0.3 is 0 Å². The number of phenolic OH excluding ortho intramolecular Hbond substituents is 1. The molecule has 86 valence electrons. The molecule has 1 N–H and O–H groups in total. The summed E-state index contributed by atoms with van der Waals surface area (Å²) in [7, 11) is 0. The van der Waals surface area contributed by atoms with Crippen LogP contribution in [0.2, 0.25) is 0 Å². The molecular weight excluding hydrogens is 287 g/mol. The lowest BCUT2D eigenvalue weighted by atomic mass is 10.0. The van der Waals surface area contributed by atoms with E-state index in [1.807, 2.05) is 0 Å². The van der Waals surface area contributed by atoms with E-state index in [4.69, 9.17) is 0 Å². The van der Waals surface area contributed by atoms with E-state index in [1.165, 1.54) is 6.07 Å². The number of carbonyl (C=O) groups is 1. The van der Waals surface area contributed by atoms with Crippen LogP contribution in [-0.4, -0.2) is 10.9 Å². The van der Waals surface area contributed by atoms with Crippen molar-refractivity contribution in [2.75, 3.05) is 0 Å². The normalized spacial score (nSPS) is 10.2. The minimum absolute atomic E-state index is 0.0388. The zero-order valence-corrected chi connectivity index (χ0v) is 10.2. The summed E-state index contributed by atoms with van der Waals surface area (Å²) < 4.78 is 13.8. The Hall–Kier alpha value is -1.68. The maximum absolute atomic E-state index is 13.0. The Balaban J connectivity index is 2.47. The zero-order valence-electron chi connectivity index (χ0n) is 8.65. The Morgan fingerprint density at radius 2 is 1.94 bits per heavy atom. The first-order valence-corrected chi connectivity index (χ1v) is 5.66. The van der Waals surface area contributed by atoms with Crippen molar-refractivity contribution in [2.24, 2.45) is 0 Å². The molecule has 0 heterocycles. The molecule has 0 saturated heterocycles. The molecule has 0 fully saturated rings. The molecule has 2 rings (SSSR count). The summed E-state index contributed by atoms with van der Waals surface area (Å²) >= 11 is 3.25. The fourth-order valence-electron chi connectivity index (χ4n) is 1.48. The van der Waals surface area contributed by atoms with Gasteiger partial charge in [0.05, 0.1) is 5.56 Å². The molecule has 0 aliphatic heterocycles. The van der Waals surface area contributed by atoms with Crippen molar-refractivity contribution in [2.45, 2.75) is 0 Å². The maximum Gasteiger partial charge on any atom is 0.196 e. The van der Waals surface area contributed by atoms with Gasteiger partial charge in [0, 0.05) is 10.0 Å². The zero-order chi connectivity index (χ0) is 12.4. The number of hydrogen-bond acceptors (Lipinski definition) is 2. The van der Waals surface area contributed by atoms with E-state index >= 15 is 0 Å². The smallest absolute Gasteiger partial charge is 0.196 e. The minimum atomic E-state index is -0.554. The van der Waals surface area contributed by atoms with Crippen LogP contribution in [0.1, 0.15) is 15.9 Å². The second kappa shape index (κ2) is 4.67. The molecule has 4 heteroatoms. The van der Waals surface area contributed by atoms with Crippen LogP contribution in [0, 0.1) is 5.82 Å². The average Bonchev–Trinajstić information content (AvgIpc) is 2.31. The monoisotopic (exact) mass is 294 g/mol. The number of carbonyl (C=O) groups excluding carboxylic acids is 1. The number of halogens is 2. The quantitative estimate of drug-likeness (QED) is 0.861. The third kappa shape index (κ3) is 2.53. The first kappa shape index (κ1) is 11.8. The van der Waals surface area contributed by atoms with Gasteiger partial charge in [-0.3, -0.25) is 4.79 Å². The topological polar surface area (TPSA) is 37.3 Å². The molecular formula is C13H8BrFO2. The molecule has 0 spiro atoms. The molecule has 0 aliphatic rings. The van der Waals surface area contributed by atoms with Gasteiger partial charge in [-0.2, -0.15) is 0 Å². The molecule has 2 aromatic rings. The number of benzene rings is 2. The number of rotatable bonds is 2. The molecule has 0 aromatic heterocycles. The molecule has 0 saturated carbocycles. The summed E-state index contributed by atoms with van der Waals surface area (Å²) in [4.78, 5) is 12.0. The molecule has 0 amide bonds. The lowest BCUT2D eigenvalue weighted by molar-refractivity contribution is 0.103. The van der Waals surface area contributed by atoms with Crippen molar-refractivity contribution in [1.29, 1.82) is 0 Å². The Morgan fingerprint density at radius 1 is 1.18 bits per heavy atom. The highest BCUT2D eigenvalue weighted by Crippen LogP contribution is 2.22. The Kier molecular flexibility index (Phi) is 3.24. The standard InChI is InChI=1S/C13H8BrFO2/c14-9-3-1-2-8(6-9)13(17)11-7-10(15)4-5-12(11)16/h1-7,16H. The summed E-state index contributed by atoms with van der Waals surface area (Å²) in [6.07, 6.45) is 0. The van der Waals surface area contributed by atoms with E-state index in [9.17, 15) is 14.3 Å². The highest BCUT2D eigenvalue weighted by molar-refractivity contribution is 9.10. The number of ketones is 1. The van der Waals surface area contributed by atoms with Crippen LogP contribution < -0.4 is 0 Å². The fraction of sp³-hybridized carbons (Fsp3) is 0. The van der Waals surface area contributed by atoms with E-state index in [0.717, 1.165) is 16.6 Å². The van der Waals surface area contributed by atoms with E-state index in [-0.39, 0.29) is 11.3 Å². The highest BCUT2D eigenvalue weighted by atomic mass is 79.9. The van der Waals surface area contributed by atoms with Crippen LogP contribution in [0.15, 0.2) is 46.9 Å². The van der Waals surface area contributed by atoms with Crippen molar-refractivity contribution in [1.82, 2.24) is 0 Å². The van der Waals surface area contributed by atoms with Gasteiger partial charge in [-0.15, -0.1) is 0 Å². The van der Waals surface area contributed by atoms with Crippen LogP contribution in [0.4, 0.5) is 4.39 Å². The van der Waals surface area contributed by atoms with E-state index in [0.29, 0.717) is 5.56 Å². The van der Waals surface area contributed by atoms with Crippen LogP contribution in [0.25, 0.3) is 0 Å². The summed E-state index contributed by atoms with van der Waals surface area (Å²) in [6.45, 7) is 0. The van der Waals surface area contributed by atoms with E-state index < -0.39 is 11.6 Å². The van der Waals surface area contributed by atoms with Gasteiger partial charge in [0.15, 0.2) is 5.78 Å². The highest BCUT2D eigenvalue weighted by Gasteiger charge is 2.14. The first-order chi connectivity index (χ1) is 8.08. The fourth-order valence-corrected chi connectivity index (χ4v) is 1.87. The predicted octanol–water partition coefficient (Wildman–Crippen LogP) is 3.52. The van der Waals surface area contributed by atoms with Crippen molar-refractivity contribution in [3.05, 3.63) is 63.9 Å². The van der Waals surface area contributed by atoms with Gasteiger partial charge in [0.2, 0.25) is 0 Å². The van der Waals surface area contributed by atoms with Gasteiger partial charge in [0.25, 0.3) is 0 Å². The summed E-state index contributed by atoms with van der Waals surface area (Å²) in [5, 5.41) is 9.54. The second-order valence-corrected chi connectivity index (χ2v) is 4.42. The van der Waals surface area contributed by atoms with Gasteiger partial charge in [-0.25, -0.2) is 4.39 Å². The van der Waals surface area contributed by atoms with Gasteiger partial charge in [-0.1, -0.05) is 28.1 Å². The first-order valence-electron chi connectivity index (χ1n) is 4.87. The predicted molar refractivity (Wildman–Crippen MR) is 65.6 cm³/mol. The number of phenols is 1. The molecule has 17 heavy (non-hydrogen) atoms. The summed E-state index contributed by atoms with van der Waals surface area (Å²) in [5.74, 6) is -1.19. The van der Waals surface area contributed by atoms with Gasteiger partial charge < -0.3 is 5.11 Å². The lowest BCUT2D eigenvalue weighted by Gasteiger charge is -2.04. The van der Waals surface area contributed by atoms with Crippen LogP contribution in [0.5, 0.6) is 5.75 Å². The third-order valence-corrected chi connectivity index (χ3v) is 2.78. The second-order valence-electron chi connectivity index (χ2n) is 3.50. The van der Waals surface area contributed by atoms with Gasteiger partial charge in [0.1, 0.15) is 11.6 Å². The number of aromatic hydroxyl groups is 1. The molecule has 2 nitrogen and oxygen atoms in total. The molecule has 0 atom stereocenters. The summed E-state index contributed by atoms with van der Waals surface area (Å²) in [5.41, 5.74) is 0.350. The molecule has 0 radical (unpaired) electrons. The number of hydrogen-bond donors (Lipinski definition) is 1. The SMILES string of the molecule is O=C(c1cccc(Br)c1)c1cc(F)ccc1O. The van der Waals surface area contributed by atoms with Crippen LogP contribution in [0.3, 0.4) is 0 Å². The van der Waals surface area contributed by atoms with E-state index in [2.05, 4.69) is 15.9 Å². The maximum atomic E-state index is 13.0. The molecule has 2 aromatic carbocycles. The summed E-state index contributed by atoms with van der Waals surface area (Å²) in [6, 6.07) is 10.0. The molecule has 0 unspecified atom stereocenters. The molecule has 0 aliphatic carbocycles.